The Balaban J connectivity index is 2.71. The van der Waals surface area contributed by atoms with Crippen molar-refractivity contribution in [1.29, 1.82) is 0 Å². The van der Waals surface area contributed by atoms with Gasteiger partial charge in [0.25, 0.3) is 0 Å². The Morgan fingerprint density at radius 1 is 1.28 bits per heavy atom. The first-order valence-corrected chi connectivity index (χ1v) is 7.00. The number of nitrogens with two attached hydrogens (primary N) is 1. The maximum Gasteiger partial charge on any atom is 0.224 e. The molecular formula is C15H30N2O. The Labute approximate surface area is 112 Å². The zero-order chi connectivity index (χ0) is 14.4. The molecule has 1 fully saturated rings. The highest BCUT2D eigenvalue weighted by molar-refractivity contribution is 5.84. The molecule has 18 heavy (non-hydrogen) atoms. The zero-order valence-corrected chi connectivity index (χ0v) is 13.1. The van der Waals surface area contributed by atoms with Gasteiger partial charge in [0.05, 0.1) is 0 Å². The van der Waals surface area contributed by atoms with Crippen LogP contribution in [0.3, 0.4) is 0 Å². The average molecular weight is 254 g/mol. The summed E-state index contributed by atoms with van der Waals surface area (Å²) in [4.78, 5) is 12.4. The third-order valence-electron chi connectivity index (χ3n) is 5.02. The van der Waals surface area contributed by atoms with E-state index >= 15 is 0 Å². The van der Waals surface area contributed by atoms with E-state index in [1.165, 1.54) is 0 Å². The maximum absolute atomic E-state index is 12.4. The molecule has 3 nitrogen and oxygen atoms in total. The zero-order valence-electron chi connectivity index (χ0n) is 13.1. The van der Waals surface area contributed by atoms with Crippen LogP contribution in [0.1, 0.15) is 54.9 Å². The third kappa shape index (κ3) is 2.56. The second kappa shape index (κ2) is 4.52. The van der Waals surface area contributed by atoms with Crippen molar-refractivity contribution in [2.75, 3.05) is 6.54 Å². The van der Waals surface area contributed by atoms with E-state index in [9.17, 15) is 4.79 Å². The second-order valence-corrected chi connectivity index (χ2v) is 7.73. The van der Waals surface area contributed by atoms with E-state index < -0.39 is 0 Å². The minimum Gasteiger partial charge on any atom is -0.349 e. The van der Waals surface area contributed by atoms with Crippen LogP contribution in [0, 0.1) is 22.7 Å². The summed E-state index contributed by atoms with van der Waals surface area (Å²) in [5, 5.41) is 3.18. The van der Waals surface area contributed by atoms with E-state index in [1.54, 1.807) is 0 Å². The summed E-state index contributed by atoms with van der Waals surface area (Å²) in [5.41, 5.74) is 5.74. The number of hydrogen-bond donors (Lipinski definition) is 2. The van der Waals surface area contributed by atoms with Gasteiger partial charge in [0, 0.05) is 18.0 Å². The van der Waals surface area contributed by atoms with Crippen LogP contribution in [0.2, 0.25) is 0 Å². The van der Waals surface area contributed by atoms with E-state index in [1.807, 2.05) is 6.92 Å². The third-order valence-corrected chi connectivity index (χ3v) is 5.02. The Morgan fingerprint density at radius 3 is 2.00 bits per heavy atom. The van der Waals surface area contributed by atoms with Crippen molar-refractivity contribution in [3.8, 4) is 0 Å². The van der Waals surface area contributed by atoms with Gasteiger partial charge < -0.3 is 11.1 Å². The maximum atomic E-state index is 12.4. The molecule has 0 bridgehead atoms. The van der Waals surface area contributed by atoms with Gasteiger partial charge in [-0.25, -0.2) is 0 Å². The fourth-order valence-corrected chi connectivity index (χ4v) is 3.31. The van der Waals surface area contributed by atoms with Crippen LogP contribution >= 0.6 is 0 Å². The fourth-order valence-electron chi connectivity index (χ4n) is 3.31. The summed E-state index contributed by atoms with van der Waals surface area (Å²) in [6, 6.07) is 0. The molecule has 0 saturated heterocycles. The lowest BCUT2D eigenvalue weighted by Gasteiger charge is -2.31. The predicted octanol–water partition coefficient (Wildman–Crippen LogP) is 2.55. The molecule has 1 amide bonds. The highest BCUT2D eigenvalue weighted by Crippen LogP contribution is 2.68. The van der Waals surface area contributed by atoms with Crippen LogP contribution < -0.4 is 11.1 Å². The van der Waals surface area contributed by atoms with Gasteiger partial charge in [0.2, 0.25) is 5.91 Å². The monoisotopic (exact) mass is 254 g/mol. The van der Waals surface area contributed by atoms with Crippen LogP contribution in [0.5, 0.6) is 0 Å². The van der Waals surface area contributed by atoms with Gasteiger partial charge in [-0.15, -0.1) is 0 Å². The summed E-state index contributed by atoms with van der Waals surface area (Å²) < 4.78 is 0. The lowest BCUT2D eigenvalue weighted by Crippen LogP contribution is -2.53. The van der Waals surface area contributed by atoms with Crippen LogP contribution in [0.25, 0.3) is 0 Å². The van der Waals surface area contributed by atoms with Gasteiger partial charge in [-0.2, -0.15) is 0 Å². The SMILES string of the molecule is CC(C)CC(C)(CN)NC(=O)C1C(C)(C)C1(C)C. The Bertz CT molecular complexity index is 319. The quantitative estimate of drug-likeness (QED) is 0.792. The normalized spacial score (nSPS) is 24.7. The first kappa shape index (κ1) is 15.5. The van der Waals surface area contributed by atoms with Gasteiger partial charge in [-0.05, 0) is 30.1 Å². The molecule has 0 aromatic rings. The molecule has 0 heterocycles. The first-order valence-electron chi connectivity index (χ1n) is 7.00. The lowest BCUT2D eigenvalue weighted by atomic mass is 9.90. The summed E-state index contributed by atoms with van der Waals surface area (Å²) in [6.07, 6.45) is 0.919. The summed E-state index contributed by atoms with van der Waals surface area (Å²) >= 11 is 0. The molecule has 1 aliphatic rings. The van der Waals surface area contributed by atoms with Crippen molar-refractivity contribution >= 4 is 5.91 Å². The average Bonchev–Trinajstić information content (AvgIpc) is 2.55. The van der Waals surface area contributed by atoms with Crippen LogP contribution in [0.15, 0.2) is 0 Å². The van der Waals surface area contributed by atoms with Crippen molar-refractivity contribution in [2.45, 2.75) is 60.4 Å². The molecule has 1 atom stereocenters. The van der Waals surface area contributed by atoms with E-state index in [4.69, 9.17) is 5.73 Å². The fraction of sp³-hybridized carbons (Fsp3) is 0.933. The van der Waals surface area contributed by atoms with E-state index in [0.717, 1.165) is 6.42 Å². The topological polar surface area (TPSA) is 55.1 Å². The summed E-state index contributed by atoms with van der Waals surface area (Å²) in [6.45, 7) is 15.5. The molecule has 3 heteroatoms. The molecule has 0 spiro atoms. The van der Waals surface area contributed by atoms with Crippen LogP contribution in [-0.2, 0) is 4.79 Å². The van der Waals surface area contributed by atoms with Gasteiger partial charge in [0.1, 0.15) is 0 Å². The van der Waals surface area contributed by atoms with Crippen molar-refractivity contribution in [1.82, 2.24) is 5.32 Å². The molecule has 1 unspecified atom stereocenters. The van der Waals surface area contributed by atoms with Crippen LogP contribution in [-0.4, -0.2) is 18.0 Å². The van der Waals surface area contributed by atoms with E-state index in [0.29, 0.717) is 12.5 Å². The molecular weight excluding hydrogens is 224 g/mol. The van der Waals surface area contributed by atoms with Gasteiger partial charge in [0.15, 0.2) is 0 Å². The van der Waals surface area contributed by atoms with Crippen molar-refractivity contribution in [3.63, 3.8) is 0 Å². The number of amides is 1. The van der Waals surface area contributed by atoms with Crippen LogP contribution in [0.4, 0.5) is 0 Å². The first-order chi connectivity index (χ1) is 7.98. The Hall–Kier alpha value is -0.570. The van der Waals surface area contributed by atoms with Gasteiger partial charge >= 0.3 is 0 Å². The summed E-state index contributed by atoms with van der Waals surface area (Å²) in [7, 11) is 0. The van der Waals surface area contributed by atoms with E-state index in [-0.39, 0.29) is 28.2 Å². The molecule has 1 aliphatic carbocycles. The van der Waals surface area contributed by atoms with E-state index in [2.05, 4.69) is 46.9 Å². The Kier molecular flexibility index (Phi) is 3.89. The number of nitrogens with one attached hydrogen (secondary N) is 1. The smallest absolute Gasteiger partial charge is 0.224 e. The molecule has 0 radical (unpaired) electrons. The summed E-state index contributed by atoms with van der Waals surface area (Å²) in [5.74, 6) is 0.792. The highest BCUT2D eigenvalue weighted by atomic mass is 16.2. The standard InChI is InChI=1S/C15H30N2O/c1-10(2)8-15(7,9-16)17-12(18)11-13(3,4)14(11,5)6/h10-11H,8-9,16H2,1-7H3,(H,17,18). The van der Waals surface area contributed by atoms with Gasteiger partial charge in [-0.3, -0.25) is 4.79 Å². The minimum absolute atomic E-state index is 0.0877. The molecule has 0 aliphatic heterocycles. The number of carbonyl (C=O) groups excluding carboxylic acids is 1. The molecule has 0 aromatic heterocycles. The molecule has 1 rings (SSSR count). The number of carbonyl (C=O) groups is 1. The molecule has 3 N–H and O–H groups in total. The number of rotatable bonds is 5. The largest absolute Gasteiger partial charge is 0.349 e. The Morgan fingerprint density at radius 2 is 1.72 bits per heavy atom. The molecule has 106 valence electrons. The molecule has 1 saturated carbocycles. The highest BCUT2D eigenvalue weighted by Gasteiger charge is 2.68. The van der Waals surface area contributed by atoms with Crippen molar-refractivity contribution < 1.29 is 4.79 Å². The lowest BCUT2D eigenvalue weighted by molar-refractivity contribution is -0.125. The molecule has 0 aromatic carbocycles. The van der Waals surface area contributed by atoms with Crippen molar-refractivity contribution in [2.24, 2.45) is 28.4 Å². The number of hydrogen-bond acceptors (Lipinski definition) is 2. The minimum atomic E-state index is -0.278. The van der Waals surface area contributed by atoms with Gasteiger partial charge in [-0.1, -0.05) is 41.5 Å². The predicted molar refractivity (Wildman–Crippen MR) is 76.1 cm³/mol. The van der Waals surface area contributed by atoms with Crippen molar-refractivity contribution in [3.05, 3.63) is 0 Å². The second-order valence-electron chi connectivity index (χ2n) is 7.73.